The smallest absolute Gasteiger partial charge is 0.0791 e. The zero-order chi connectivity index (χ0) is 18.1. The molecule has 0 N–H and O–H groups in total. The van der Waals surface area contributed by atoms with Gasteiger partial charge in [0.2, 0.25) is 0 Å². The zero-order valence-electron chi connectivity index (χ0n) is 15.0. The van der Waals surface area contributed by atoms with Gasteiger partial charge in [-0.25, -0.2) is 0 Å². The van der Waals surface area contributed by atoms with Crippen LogP contribution >= 0.6 is 0 Å². The van der Waals surface area contributed by atoms with Crippen molar-refractivity contribution in [2.45, 2.75) is 0 Å². The van der Waals surface area contributed by atoms with Crippen LogP contribution in [0.15, 0.2) is 96.8 Å². The SMILES string of the molecule is C1=Cc2ccccc2[SiH2]1.c1ccc2cc3cc4ncccc4cc3cc2c1. The van der Waals surface area contributed by atoms with Gasteiger partial charge in [-0.05, 0) is 57.4 Å². The molecule has 5 aromatic rings. The van der Waals surface area contributed by atoms with E-state index in [1.807, 2.05) is 12.3 Å². The fourth-order valence-electron chi connectivity index (χ4n) is 3.71. The first-order valence-corrected chi connectivity index (χ1v) is 10.8. The Hall–Kier alpha value is -3.23. The molecule has 4 aromatic carbocycles. The molecule has 0 amide bonds. The van der Waals surface area contributed by atoms with Crippen LogP contribution in [0.1, 0.15) is 5.56 Å². The number of rotatable bonds is 0. The third-order valence-electron chi connectivity index (χ3n) is 5.12. The molecule has 1 aliphatic heterocycles. The zero-order valence-corrected chi connectivity index (χ0v) is 16.4. The van der Waals surface area contributed by atoms with Gasteiger partial charge in [-0.1, -0.05) is 71.6 Å². The Bertz CT molecular complexity index is 1160. The highest BCUT2D eigenvalue weighted by molar-refractivity contribution is 6.62. The number of hydrogen-bond donors (Lipinski definition) is 0. The van der Waals surface area contributed by atoms with Gasteiger partial charge in [0.25, 0.3) is 0 Å². The van der Waals surface area contributed by atoms with E-state index >= 15 is 0 Å². The lowest BCUT2D eigenvalue weighted by atomic mass is 10.0. The Morgan fingerprint density at radius 1 is 0.593 bits per heavy atom. The Balaban J connectivity index is 0.000000149. The topological polar surface area (TPSA) is 12.9 Å². The van der Waals surface area contributed by atoms with Gasteiger partial charge in [-0.15, -0.1) is 0 Å². The summed E-state index contributed by atoms with van der Waals surface area (Å²) in [5.74, 6) is 0. The molecule has 128 valence electrons. The van der Waals surface area contributed by atoms with Crippen LogP contribution in [0, 0.1) is 0 Å². The summed E-state index contributed by atoms with van der Waals surface area (Å²) in [6.07, 6.45) is 4.08. The van der Waals surface area contributed by atoms with Gasteiger partial charge >= 0.3 is 0 Å². The van der Waals surface area contributed by atoms with Crippen molar-refractivity contribution in [2.24, 2.45) is 0 Å². The molecule has 0 aliphatic carbocycles. The highest BCUT2D eigenvalue weighted by Gasteiger charge is 2.01. The lowest BCUT2D eigenvalue weighted by Gasteiger charge is -2.04. The van der Waals surface area contributed by atoms with Gasteiger partial charge in [0.15, 0.2) is 0 Å². The molecule has 6 rings (SSSR count). The molecular formula is C25H19NSi. The molecule has 0 radical (unpaired) electrons. The Kier molecular flexibility index (Phi) is 4.04. The second-order valence-corrected chi connectivity index (χ2v) is 8.54. The average Bonchev–Trinajstić information content (AvgIpc) is 3.20. The van der Waals surface area contributed by atoms with Crippen LogP contribution in [0.5, 0.6) is 0 Å². The third-order valence-corrected chi connectivity index (χ3v) is 6.67. The summed E-state index contributed by atoms with van der Waals surface area (Å²) in [6, 6.07) is 30.1. The van der Waals surface area contributed by atoms with Crippen LogP contribution in [0.2, 0.25) is 0 Å². The molecule has 0 fully saturated rings. The van der Waals surface area contributed by atoms with Crippen molar-refractivity contribution in [3.8, 4) is 0 Å². The molecule has 27 heavy (non-hydrogen) atoms. The fourth-order valence-corrected chi connectivity index (χ4v) is 5.08. The maximum Gasteiger partial charge on any atom is 0.0791 e. The minimum absolute atomic E-state index is 0.0110. The summed E-state index contributed by atoms with van der Waals surface area (Å²) in [6.45, 7) is 0. The molecule has 0 saturated carbocycles. The van der Waals surface area contributed by atoms with Gasteiger partial charge < -0.3 is 0 Å². The molecule has 0 unspecified atom stereocenters. The predicted octanol–water partition coefficient (Wildman–Crippen LogP) is 5.01. The summed E-state index contributed by atoms with van der Waals surface area (Å²) in [4.78, 5) is 4.41. The molecule has 2 heterocycles. The molecule has 2 heteroatoms. The molecule has 0 atom stereocenters. The van der Waals surface area contributed by atoms with Crippen molar-refractivity contribution < 1.29 is 0 Å². The van der Waals surface area contributed by atoms with Crippen molar-refractivity contribution in [1.82, 2.24) is 4.98 Å². The second-order valence-electron chi connectivity index (χ2n) is 6.90. The summed E-state index contributed by atoms with van der Waals surface area (Å²) in [5.41, 5.74) is 4.84. The van der Waals surface area contributed by atoms with Crippen molar-refractivity contribution in [3.63, 3.8) is 0 Å². The Morgan fingerprint density at radius 3 is 2.07 bits per heavy atom. The van der Waals surface area contributed by atoms with E-state index in [0.29, 0.717) is 0 Å². The molecule has 0 spiro atoms. The first kappa shape index (κ1) is 16.0. The monoisotopic (exact) mass is 361 g/mol. The van der Waals surface area contributed by atoms with E-state index in [0.717, 1.165) is 5.52 Å². The maximum atomic E-state index is 4.41. The molecule has 1 aliphatic rings. The number of fused-ring (bicyclic) bond motifs is 4. The maximum absolute atomic E-state index is 4.41. The normalized spacial score (nSPS) is 13.0. The number of nitrogens with zero attached hydrogens (tertiary/aromatic N) is 1. The van der Waals surface area contributed by atoms with E-state index in [4.69, 9.17) is 0 Å². The van der Waals surface area contributed by atoms with Gasteiger partial charge in [0.05, 0.1) is 15.0 Å². The summed E-state index contributed by atoms with van der Waals surface area (Å²) >= 11 is 0. The van der Waals surface area contributed by atoms with Gasteiger partial charge in [0.1, 0.15) is 0 Å². The Labute approximate surface area is 160 Å². The minimum atomic E-state index is 0.0110. The largest absolute Gasteiger partial charge is 0.256 e. The number of aromatic nitrogens is 1. The Morgan fingerprint density at radius 2 is 1.26 bits per heavy atom. The van der Waals surface area contributed by atoms with Crippen molar-refractivity contribution >= 4 is 53.2 Å². The average molecular weight is 362 g/mol. The van der Waals surface area contributed by atoms with Crippen LogP contribution in [-0.4, -0.2) is 14.5 Å². The first-order chi connectivity index (χ1) is 13.4. The van der Waals surface area contributed by atoms with Crippen molar-refractivity contribution in [1.29, 1.82) is 0 Å². The van der Waals surface area contributed by atoms with E-state index in [1.165, 1.54) is 32.5 Å². The standard InChI is InChI=1S/C17H11N.C8H8Si/c1-2-5-13-9-16-11-17-14(6-3-7-18-17)10-15(16)8-12(13)4-1;1-2-4-8-7(3-1)5-6-9-8/h1-11H;1-6H,9H2. The molecule has 0 saturated heterocycles. The number of benzene rings is 4. The predicted molar refractivity (Wildman–Crippen MR) is 120 cm³/mol. The summed E-state index contributed by atoms with van der Waals surface area (Å²) < 4.78 is 0. The molecular weight excluding hydrogens is 342 g/mol. The van der Waals surface area contributed by atoms with Crippen LogP contribution < -0.4 is 5.19 Å². The van der Waals surface area contributed by atoms with Crippen LogP contribution in [0.4, 0.5) is 0 Å². The highest BCUT2D eigenvalue weighted by Crippen LogP contribution is 2.26. The molecule has 1 aromatic heterocycles. The number of pyridine rings is 1. The minimum Gasteiger partial charge on any atom is -0.256 e. The van der Waals surface area contributed by atoms with Crippen molar-refractivity contribution in [3.05, 3.63) is 102 Å². The quantitative estimate of drug-likeness (QED) is 0.279. The van der Waals surface area contributed by atoms with Crippen LogP contribution in [0.3, 0.4) is 0 Å². The van der Waals surface area contributed by atoms with Gasteiger partial charge in [-0.2, -0.15) is 0 Å². The van der Waals surface area contributed by atoms with E-state index < -0.39 is 0 Å². The third kappa shape index (κ3) is 3.16. The highest BCUT2D eigenvalue weighted by atomic mass is 28.2. The first-order valence-electron chi connectivity index (χ1n) is 9.29. The van der Waals surface area contributed by atoms with E-state index in [1.54, 1.807) is 5.19 Å². The lowest BCUT2D eigenvalue weighted by Crippen LogP contribution is -2.09. The molecule has 0 bridgehead atoms. The summed E-state index contributed by atoms with van der Waals surface area (Å²) in [5, 5.41) is 7.88. The van der Waals surface area contributed by atoms with E-state index in [9.17, 15) is 0 Å². The fraction of sp³-hybridized carbons (Fsp3) is 0. The lowest BCUT2D eigenvalue weighted by molar-refractivity contribution is 1.42. The second kappa shape index (κ2) is 6.82. The van der Waals surface area contributed by atoms with Crippen LogP contribution in [-0.2, 0) is 0 Å². The van der Waals surface area contributed by atoms with Crippen molar-refractivity contribution in [2.75, 3.05) is 0 Å². The number of hydrogen-bond acceptors (Lipinski definition) is 1. The van der Waals surface area contributed by atoms with E-state index in [2.05, 4.69) is 95.6 Å². The van der Waals surface area contributed by atoms with Crippen LogP contribution in [0.25, 0.3) is 38.5 Å². The van der Waals surface area contributed by atoms with Gasteiger partial charge in [0, 0.05) is 11.6 Å². The van der Waals surface area contributed by atoms with E-state index in [-0.39, 0.29) is 9.52 Å². The molecule has 1 nitrogen and oxygen atoms in total. The summed E-state index contributed by atoms with van der Waals surface area (Å²) in [7, 11) is 0.0110. The van der Waals surface area contributed by atoms with Gasteiger partial charge in [-0.3, -0.25) is 4.98 Å².